The largest absolute Gasteiger partial charge is 0.328 e. The number of hydrogen-bond acceptors (Lipinski definition) is 4. The van der Waals surface area contributed by atoms with Gasteiger partial charge in [0.25, 0.3) is 5.56 Å². The molecule has 7 heteroatoms. The Labute approximate surface area is 161 Å². The van der Waals surface area contributed by atoms with Crippen LogP contribution >= 0.6 is 23.3 Å². The molecule has 0 atom stereocenters. The molecule has 0 radical (unpaired) electrons. The Kier molecular flexibility index (Phi) is 3.77. The first-order valence-electron chi connectivity index (χ1n) is 8.62. The molecular formula is C20H15FN2O2S2. The predicted molar refractivity (Wildman–Crippen MR) is 110 cm³/mol. The van der Waals surface area contributed by atoms with Gasteiger partial charge in [0.1, 0.15) is 16.0 Å². The van der Waals surface area contributed by atoms with E-state index in [-0.39, 0.29) is 16.8 Å². The minimum Gasteiger partial charge on any atom is -0.328 e. The molecule has 4 nitrogen and oxygen atoms in total. The average Bonchev–Trinajstić information content (AvgIpc) is 3.44. The van der Waals surface area contributed by atoms with Crippen molar-refractivity contribution in [3.05, 3.63) is 62.8 Å². The third-order valence-electron chi connectivity index (χ3n) is 5.03. The standard InChI is InChI=1S/C20H15FN2O2S2/c1-26-12-6-2-10(3-7-12)13-9-16-14(8-15(13)21)18(24)17-19(25)22-27-20(17)23(16)11-4-5-11/h2-3,6-9,11H,4-5H2,1H3,(H,22,25). The van der Waals surface area contributed by atoms with Crippen LogP contribution in [0, 0.1) is 5.82 Å². The number of aromatic nitrogens is 2. The number of nitrogens with zero attached hydrogens (tertiary/aromatic N) is 1. The molecule has 0 saturated heterocycles. The topological polar surface area (TPSA) is 54.9 Å². The first kappa shape index (κ1) is 16.8. The highest BCUT2D eigenvalue weighted by atomic mass is 32.2. The molecule has 0 amide bonds. The van der Waals surface area contributed by atoms with Gasteiger partial charge in [0, 0.05) is 21.9 Å². The van der Waals surface area contributed by atoms with Crippen molar-refractivity contribution in [1.82, 2.24) is 8.94 Å². The molecule has 0 spiro atoms. The number of nitrogens with one attached hydrogen (secondary N) is 1. The third-order valence-corrected chi connectivity index (χ3v) is 6.65. The lowest BCUT2D eigenvalue weighted by atomic mass is 10.0. The minimum absolute atomic E-state index is 0.135. The van der Waals surface area contributed by atoms with E-state index in [0.29, 0.717) is 15.9 Å². The summed E-state index contributed by atoms with van der Waals surface area (Å²) in [7, 11) is 0. The second-order valence-corrected chi connectivity index (χ2v) is 8.40. The second-order valence-electron chi connectivity index (χ2n) is 6.72. The molecule has 2 aromatic carbocycles. The van der Waals surface area contributed by atoms with Crippen LogP contribution in [0.15, 0.2) is 50.9 Å². The van der Waals surface area contributed by atoms with E-state index in [4.69, 9.17) is 0 Å². The van der Waals surface area contributed by atoms with Crippen LogP contribution in [0.1, 0.15) is 18.9 Å². The Morgan fingerprint density at radius 2 is 1.93 bits per heavy atom. The fourth-order valence-corrected chi connectivity index (χ4v) is 4.87. The summed E-state index contributed by atoms with van der Waals surface area (Å²) in [5.41, 5.74) is 1.13. The quantitative estimate of drug-likeness (QED) is 0.506. The summed E-state index contributed by atoms with van der Waals surface area (Å²) in [6, 6.07) is 11.0. The minimum atomic E-state index is -0.454. The van der Waals surface area contributed by atoms with Crippen LogP contribution in [-0.4, -0.2) is 15.2 Å². The summed E-state index contributed by atoms with van der Waals surface area (Å²) in [5, 5.41) is 0.399. The number of fused-ring (bicyclic) bond motifs is 2. The molecule has 0 aliphatic heterocycles. The summed E-state index contributed by atoms with van der Waals surface area (Å²) in [4.78, 5) is 26.7. The van der Waals surface area contributed by atoms with Crippen molar-refractivity contribution in [1.29, 1.82) is 0 Å². The number of hydrogen-bond donors (Lipinski definition) is 1. The van der Waals surface area contributed by atoms with E-state index < -0.39 is 16.8 Å². The zero-order valence-electron chi connectivity index (χ0n) is 14.4. The van der Waals surface area contributed by atoms with Crippen LogP contribution < -0.4 is 11.0 Å². The van der Waals surface area contributed by atoms with Crippen LogP contribution in [0.25, 0.3) is 32.2 Å². The zero-order chi connectivity index (χ0) is 18.7. The molecule has 1 N–H and O–H groups in total. The van der Waals surface area contributed by atoms with Crippen molar-refractivity contribution in [2.45, 2.75) is 23.8 Å². The first-order valence-corrected chi connectivity index (χ1v) is 10.7. The summed E-state index contributed by atoms with van der Waals surface area (Å²) in [6.07, 6.45) is 3.98. The maximum atomic E-state index is 14.9. The van der Waals surface area contributed by atoms with Crippen molar-refractivity contribution in [3.8, 4) is 11.1 Å². The van der Waals surface area contributed by atoms with Gasteiger partial charge in [-0.2, -0.15) is 0 Å². The molecule has 0 bridgehead atoms. The SMILES string of the molecule is CSc1ccc(-c2cc3c(cc2F)c(=O)c2c(=O)[nH]sc2n3C2CC2)cc1. The number of pyridine rings is 1. The molecule has 1 aliphatic rings. The molecule has 1 fully saturated rings. The fourth-order valence-electron chi connectivity index (χ4n) is 3.54. The van der Waals surface area contributed by atoms with Gasteiger partial charge < -0.3 is 4.57 Å². The Bertz CT molecular complexity index is 1310. The molecular weight excluding hydrogens is 383 g/mol. The van der Waals surface area contributed by atoms with E-state index in [1.807, 2.05) is 35.1 Å². The number of benzene rings is 2. The molecule has 1 saturated carbocycles. The van der Waals surface area contributed by atoms with E-state index in [1.165, 1.54) is 17.6 Å². The molecule has 2 aromatic heterocycles. The first-order chi connectivity index (χ1) is 13.1. The smallest absolute Gasteiger partial charge is 0.271 e. The van der Waals surface area contributed by atoms with Crippen molar-refractivity contribution in [2.75, 3.05) is 6.26 Å². The Morgan fingerprint density at radius 1 is 1.19 bits per heavy atom. The Morgan fingerprint density at radius 3 is 2.59 bits per heavy atom. The maximum Gasteiger partial charge on any atom is 0.271 e. The zero-order valence-corrected chi connectivity index (χ0v) is 16.0. The summed E-state index contributed by atoms with van der Waals surface area (Å²) in [6.45, 7) is 0. The lowest BCUT2D eigenvalue weighted by Gasteiger charge is -2.13. The lowest BCUT2D eigenvalue weighted by molar-refractivity contribution is 0.632. The summed E-state index contributed by atoms with van der Waals surface area (Å²) < 4.78 is 19.6. The van der Waals surface area contributed by atoms with Crippen molar-refractivity contribution < 1.29 is 4.39 Å². The van der Waals surface area contributed by atoms with E-state index in [1.54, 1.807) is 17.8 Å². The average molecular weight is 398 g/mol. The molecule has 0 unspecified atom stereocenters. The summed E-state index contributed by atoms with van der Waals surface area (Å²) in [5.74, 6) is -0.454. The Hall–Kier alpha value is -2.38. The van der Waals surface area contributed by atoms with Gasteiger partial charge in [-0.25, -0.2) is 4.39 Å². The van der Waals surface area contributed by atoms with E-state index in [0.717, 1.165) is 23.3 Å². The van der Waals surface area contributed by atoms with Crippen molar-refractivity contribution in [2.24, 2.45) is 0 Å². The number of aromatic amines is 1. The van der Waals surface area contributed by atoms with Gasteiger partial charge in [-0.3, -0.25) is 14.0 Å². The van der Waals surface area contributed by atoms with Crippen LogP contribution in [0.3, 0.4) is 0 Å². The van der Waals surface area contributed by atoms with Gasteiger partial charge in [-0.05, 0) is 60.5 Å². The number of thioether (sulfide) groups is 1. The highest BCUT2D eigenvalue weighted by Gasteiger charge is 2.29. The van der Waals surface area contributed by atoms with Crippen LogP contribution in [0.2, 0.25) is 0 Å². The maximum absolute atomic E-state index is 14.9. The molecule has 5 rings (SSSR count). The van der Waals surface area contributed by atoms with Crippen LogP contribution in [0.4, 0.5) is 4.39 Å². The van der Waals surface area contributed by atoms with Crippen molar-refractivity contribution >= 4 is 44.4 Å². The van der Waals surface area contributed by atoms with Gasteiger partial charge in [0.15, 0.2) is 0 Å². The molecule has 1 aliphatic carbocycles. The molecule has 2 heterocycles. The predicted octanol–water partition coefficient (Wildman–Crippen LogP) is 4.77. The highest BCUT2D eigenvalue weighted by molar-refractivity contribution is 7.98. The molecule has 136 valence electrons. The monoisotopic (exact) mass is 398 g/mol. The fraction of sp³-hybridized carbons (Fsp3) is 0.200. The Balaban J connectivity index is 1.86. The number of rotatable bonds is 3. The third kappa shape index (κ3) is 2.56. The van der Waals surface area contributed by atoms with Crippen LogP contribution in [0.5, 0.6) is 0 Å². The highest BCUT2D eigenvalue weighted by Crippen LogP contribution is 2.40. The summed E-state index contributed by atoms with van der Waals surface area (Å²) >= 11 is 2.81. The number of H-pyrrole nitrogens is 1. The van der Waals surface area contributed by atoms with Gasteiger partial charge >= 0.3 is 0 Å². The van der Waals surface area contributed by atoms with E-state index in [9.17, 15) is 14.0 Å². The van der Waals surface area contributed by atoms with E-state index in [2.05, 4.69) is 4.37 Å². The van der Waals surface area contributed by atoms with Gasteiger partial charge in [0.2, 0.25) is 5.43 Å². The number of halogens is 1. The van der Waals surface area contributed by atoms with Gasteiger partial charge in [-0.15, -0.1) is 11.8 Å². The van der Waals surface area contributed by atoms with Gasteiger partial charge in [0.05, 0.1) is 5.52 Å². The molecule has 27 heavy (non-hydrogen) atoms. The van der Waals surface area contributed by atoms with E-state index >= 15 is 0 Å². The van der Waals surface area contributed by atoms with Crippen LogP contribution in [-0.2, 0) is 0 Å². The normalized spacial score (nSPS) is 14.3. The lowest BCUT2D eigenvalue weighted by Crippen LogP contribution is -2.15. The van der Waals surface area contributed by atoms with Gasteiger partial charge in [-0.1, -0.05) is 12.1 Å². The second kappa shape index (κ2) is 6.07. The molecule has 4 aromatic rings. The van der Waals surface area contributed by atoms with Crippen molar-refractivity contribution in [3.63, 3.8) is 0 Å².